The number of carbonyl (C=O) groups excluding carboxylic acids is 2. The Morgan fingerprint density at radius 1 is 1.33 bits per heavy atom. The van der Waals surface area contributed by atoms with Gasteiger partial charge in [0.25, 0.3) is 5.91 Å². The molecule has 0 spiro atoms. The van der Waals surface area contributed by atoms with Gasteiger partial charge < -0.3 is 16.4 Å². The number of nitrogens with two attached hydrogens (primary N) is 1. The van der Waals surface area contributed by atoms with Gasteiger partial charge in [-0.15, -0.1) is 0 Å². The maximum Gasteiger partial charge on any atom is 0.418 e. The molecule has 1 unspecified atom stereocenters. The smallest absolute Gasteiger partial charge is 0.385 e. The highest BCUT2D eigenvalue weighted by atomic mass is 19.4. The lowest BCUT2D eigenvalue weighted by atomic mass is 10.1. The third-order valence-electron chi connectivity index (χ3n) is 2.73. The van der Waals surface area contributed by atoms with E-state index >= 15 is 0 Å². The summed E-state index contributed by atoms with van der Waals surface area (Å²) in [5.74, 6) is -1.57. The van der Waals surface area contributed by atoms with Crippen molar-refractivity contribution in [2.24, 2.45) is 5.73 Å². The monoisotopic (exact) mass is 303 g/mol. The first-order chi connectivity index (χ1) is 9.66. The van der Waals surface area contributed by atoms with Crippen molar-refractivity contribution in [1.29, 1.82) is 0 Å². The molecular weight excluding hydrogens is 287 g/mol. The molecule has 0 aliphatic carbocycles. The van der Waals surface area contributed by atoms with Crippen LogP contribution in [-0.4, -0.2) is 24.4 Å². The normalized spacial score (nSPS) is 12.6. The lowest BCUT2D eigenvalue weighted by molar-refractivity contribution is -0.137. The molecule has 1 aromatic carbocycles. The molecule has 0 aromatic heterocycles. The number of amides is 2. The first-order valence-corrected chi connectivity index (χ1v) is 6.22. The van der Waals surface area contributed by atoms with E-state index in [0.29, 0.717) is 6.54 Å². The van der Waals surface area contributed by atoms with Crippen LogP contribution in [0.3, 0.4) is 0 Å². The van der Waals surface area contributed by atoms with E-state index in [-0.39, 0.29) is 11.3 Å². The van der Waals surface area contributed by atoms with Crippen molar-refractivity contribution in [2.45, 2.75) is 26.1 Å². The van der Waals surface area contributed by atoms with Crippen LogP contribution in [0.1, 0.15) is 29.8 Å². The van der Waals surface area contributed by atoms with E-state index in [1.54, 1.807) is 6.92 Å². The van der Waals surface area contributed by atoms with Crippen LogP contribution < -0.4 is 16.4 Å². The lowest BCUT2D eigenvalue weighted by Crippen LogP contribution is -2.42. The molecule has 0 fully saturated rings. The van der Waals surface area contributed by atoms with Gasteiger partial charge in [0.05, 0.1) is 5.56 Å². The van der Waals surface area contributed by atoms with Crippen LogP contribution in [0, 0.1) is 0 Å². The number of carbonyl (C=O) groups is 2. The Balaban J connectivity index is 3.10. The molecule has 1 atom stereocenters. The average molecular weight is 303 g/mol. The molecule has 1 aromatic rings. The van der Waals surface area contributed by atoms with Crippen LogP contribution in [-0.2, 0) is 11.0 Å². The number of halogens is 3. The van der Waals surface area contributed by atoms with Crippen LogP contribution in [0.2, 0.25) is 0 Å². The summed E-state index contributed by atoms with van der Waals surface area (Å²) in [6, 6.07) is 2.19. The number of hydrogen-bond acceptors (Lipinski definition) is 3. The minimum absolute atomic E-state index is 0.107. The number of benzene rings is 1. The number of nitrogens with one attached hydrogen (secondary N) is 2. The molecule has 116 valence electrons. The number of rotatable bonds is 5. The van der Waals surface area contributed by atoms with Crippen molar-refractivity contribution >= 4 is 17.5 Å². The maximum absolute atomic E-state index is 13.0. The van der Waals surface area contributed by atoms with Crippen molar-refractivity contribution in [1.82, 2.24) is 5.32 Å². The number of primary amides is 1. The molecular formula is C13H16F3N3O2. The molecule has 0 aliphatic rings. The Morgan fingerprint density at radius 2 is 1.95 bits per heavy atom. The zero-order valence-electron chi connectivity index (χ0n) is 11.5. The van der Waals surface area contributed by atoms with Crippen LogP contribution >= 0.6 is 0 Å². The molecule has 0 saturated heterocycles. The summed E-state index contributed by atoms with van der Waals surface area (Å²) in [5.41, 5.74) is 3.74. The van der Waals surface area contributed by atoms with E-state index in [2.05, 4.69) is 10.6 Å². The average Bonchev–Trinajstić information content (AvgIpc) is 2.37. The molecule has 0 heterocycles. The van der Waals surface area contributed by atoms with Crippen molar-refractivity contribution in [3.63, 3.8) is 0 Å². The quantitative estimate of drug-likeness (QED) is 0.774. The zero-order valence-corrected chi connectivity index (χ0v) is 11.5. The van der Waals surface area contributed by atoms with Crippen LogP contribution in [0.4, 0.5) is 18.9 Å². The van der Waals surface area contributed by atoms with Gasteiger partial charge in [-0.05, 0) is 32.0 Å². The first-order valence-electron chi connectivity index (χ1n) is 6.22. The highest BCUT2D eigenvalue weighted by molar-refractivity contribution is 5.97. The third-order valence-corrected chi connectivity index (χ3v) is 2.73. The van der Waals surface area contributed by atoms with E-state index in [1.165, 1.54) is 19.1 Å². The molecule has 2 amide bonds. The summed E-state index contributed by atoms with van der Waals surface area (Å²) in [5, 5.41) is 4.81. The summed E-state index contributed by atoms with van der Waals surface area (Å²) in [6.45, 7) is 3.32. The lowest BCUT2D eigenvalue weighted by Gasteiger charge is -2.16. The predicted molar refractivity (Wildman–Crippen MR) is 71.7 cm³/mol. The van der Waals surface area contributed by atoms with Crippen LogP contribution in [0.15, 0.2) is 18.2 Å². The van der Waals surface area contributed by atoms with Gasteiger partial charge in [0.1, 0.15) is 6.04 Å². The van der Waals surface area contributed by atoms with E-state index in [4.69, 9.17) is 5.73 Å². The number of anilines is 1. The van der Waals surface area contributed by atoms with Gasteiger partial charge >= 0.3 is 6.18 Å². The van der Waals surface area contributed by atoms with Crippen molar-refractivity contribution in [3.8, 4) is 0 Å². The van der Waals surface area contributed by atoms with E-state index in [0.717, 1.165) is 6.07 Å². The maximum atomic E-state index is 13.0. The Morgan fingerprint density at radius 3 is 2.43 bits per heavy atom. The largest absolute Gasteiger partial charge is 0.418 e. The molecule has 0 saturated carbocycles. The summed E-state index contributed by atoms with van der Waals surface area (Å²) >= 11 is 0. The second kappa shape index (κ2) is 6.47. The highest BCUT2D eigenvalue weighted by Gasteiger charge is 2.34. The van der Waals surface area contributed by atoms with Crippen molar-refractivity contribution in [2.75, 3.05) is 11.9 Å². The Kier molecular flexibility index (Phi) is 5.17. The van der Waals surface area contributed by atoms with Crippen molar-refractivity contribution in [3.05, 3.63) is 29.3 Å². The van der Waals surface area contributed by atoms with Gasteiger partial charge in [-0.2, -0.15) is 13.2 Å². The van der Waals surface area contributed by atoms with E-state index in [1.807, 2.05) is 0 Å². The van der Waals surface area contributed by atoms with Crippen LogP contribution in [0.25, 0.3) is 0 Å². The van der Waals surface area contributed by atoms with Gasteiger partial charge in [0.2, 0.25) is 5.91 Å². The van der Waals surface area contributed by atoms with Gasteiger partial charge in [-0.3, -0.25) is 9.59 Å². The molecule has 1 rings (SSSR count). The molecule has 21 heavy (non-hydrogen) atoms. The molecule has 0 bridgehead atoms. The van der Waals surface area contributed by atoms with Crippen molar-refractivity contribution < 1.29 is 22.8 Å². The third kappa shape index (κ3) is 4.37. The summed E-state index contributed by atoms with van der Waals surface area (Å²) in [4.78, 5) is 22.7. The van der Waals surface area contributed by atoms with Crippen LogP contribution in [0.5, 0.6) is 0 Å². The molecule has 0 radical (unpaired) electrons. The molecule has 8 heteroatoms. The Bertz CT molecular complexity index is 544. The molecule has 5 nitrogen and oxygen atoms in total. The summed E-state index contributed by atoms with van der Waals surface area (Å²) in [7, 11) is 0. The second-order valence-corrected chi connectivity index (χ2v) is 4.39. The number of hydrogen-bond donors (Lipinski definition) is 3. The molecule has 0 aliphatic heterocycles. The summed E-state index contributed by atoms with van der Waals surface area (Å²) < 4.78 is 38.9. The fourth-order valence-corrected chi connectivity index (χ4v) is 1.62. The standard InChI is InChI=1S/C13H16F3N3O2/c1-3-18-10-5-4-8(6-9(10)13(14,15)16)12(21)19-7(2)11(17)20/h4-7,18H,3H2,1-2H3,(H2,17,20)(H,19,21). The fraction of sp³-hybridized carbons (Fsp3) is 0.385. The minimum atomic E-state index is -4.59. The predicted octanol–water partition coefficient (Wildman–Crippen LogP) is 1.74. The van der Waals surface area contributed by atoms with Gasteiger partial charge in [-0.25, -0.2) is 0 Å². The van der Waals surface area contributed by atoms with Gasteiger partial charge in [0, 0.05) is 17.8 Å². The fourth-order valence-electron chi connectivity index (χ4n) is 1.62. The zero-order chi connectivity index (χ0) is 16.2. The summed E-state index contributed by atoms with van der Waals surface area (Å²) in [6.07, 6.45) is -4.59. The molecule has 4 N–H and O–H groups in total. The van der Waals surface area contributed by atoms with Gasteiger partial charge in [-0.1, -0.05) is 0 Å². The number of alkyl halides is 3. The highest BCUT2D eigenvalue weighted by Crippen LogP contribution is 2.35. The topological polar surface area (TPSA) is 84.2 Å². The second-order valence-electron chi connectivity index (χ2n) is 4.39. The Hall–Kier alpha value is -2.25. The van der Waals surface area contributed by atoms with Gasteiger partial charge in [0.15, 0.2) is 0 Å². The SMILES string of the molecule is CCNc1ccc(C(=O)NC(C)C(N)=O)cc1C(F)(F)F. The van der Waals surface area contributed by atoms with E-state index in [9.17, 15) is 22.8 Å². The first kappa shape index (κ1) is 16.8. The Labute approximate surface area is 119 Å². The van der Waals surface area contributed by atoms with E-state index < -0.39 is 29.6 Å². The minimum Gasteiger partial charge on any atom is -0.385 e.